The highest BCUT2D eigenvalue weighted by Gasteiger charge is 2.24. The van der Waals surface area contributed by atoms with Gasteiger partial charge >= 0.3 is 0 Å². The summed E-state index contributed by atoms with van der Waals surface area (Å²) in [6.07, 6.45) is 5.05. The van der Waals surface area contributed by atoms with E-state index in [1.54, 1.807) is 0 Å². The fourth-order valence-corrected chi connectivity index (χ4v) is 3.74. The fourth-order valence-electron chi connectivity index (χ4n) is 3.74. The molecule has 3 heteroatoms. The van der Waals surface area contributed by atoms with Crippen molar-refractivity contribution in [2.24, 2.45) is 0 Å². The van der Waals surface area contributed by atoms with Crippen LogP contribution >= 0.6 is 0 Å². The van der Waals surface area contributed by atoms with Crippen molar-refractivity contribution >= 4 is 0 Å². The van der Waals surface area contributed by atoms with Crippen LogP contribution in [-0.2, 0) is 6.61 Å². The minimum Gasteiger partial charge on any atom is -0.489 e. The molecule has 0 bridgehead atoms. The zero-order chi connectivity index (χ0) is 18.0. The first-order valence-corrected chi connectivity index (χ1v) is 10.1. The van der Waals surface area contributed by atoms with E-state index in [-0.39, 0.29) is 0 Å². The van der Waals surface area contributed by atoms with Crippen LogP contribution in [0.4, 0.5) is 0 Å². The lowest BCUT2D eigenvalue weighted by Gasteiger charge is -2.36. The summed E-state index contributed by atoms with van der Waals surface area (Å²) in [7, 11) is 0. The van der Waals surface area contributed by atoms with Crippen molar-refractivity contribution in [2.45, 2.75) is 45.3 Å². The SMILES string of the molecule is CCCCC[C@H](c1ccccc1OCc1ccccc1)N1CCNCC1. The Hall–Kier alpha value is -1.84. The average molecular weight is 353 g/mol. The molecule has 1 fully saturated rings. The number of hydrogen-bond acceptors (Lipinski definition) is 3. The first-order valence-electron chi connectivity index (χ1n) is 10.1. The number of unbranched alkanes of at least 4 members (excludes halogenated alkanes) is 2. The Morgan fingerprint density at radius 1 is 0.962 bits per heavy atom. The molecular formula is C23H32N2O. The second-order valence-corrected chi connectivity index (χ2v) is 7.11. The van der Waals surface area contributed by atoms with Crippen molar-refractivity contribution < 1.29 is 4.74 Å². The van der Waals surface area contributed by atoms with Crippen molar-refractivity contribution in [1.82, 2.24) is 10.2 Å². The third-order valence-electron chi connectivity index (χ3n) is 5.19. The second kappa shape index (κ2) is 10.3. The Balaban J connectivity index is 1.76. The number of rotatable bonds is 9. The predicted molar refractivity (Wildman–Crippen MR) is 109 cm³/mol. The minimum atomic E-state index is 0.454. The lowest BCUT2D eigenvalue weighted by Crippen LogP contribution is -2.45. The second-order valence-electron chi connectivity index (χ2n) is 7.11. The quantitative estimate of drug-likeness (QED) is 0.657. The zero-order valence-electron chi connectivity index (χ0n) is 16.0. The molecule has 3 rings (SSSR count). The molecule has 2 aromatic carbocycles. The molecule has 140 valence electrons. The largest absolute Gasteiger partial charge is 0.489 e. The maximum Gasteiger partial charge on any atom is 0.124 e. The predicted octanol–water partition coefficient (Wildman–Crippen LogP) is 4.79. The van der Waals surface area contributed by atoms with Crippen LogP contribution in [0.2, 0.25) is 0 Å². The highest BCUT2D eigenvalue weighted by molar-refractivity contribution is 5.36. The molecule has 0 saturated carbocycles. The molecule has 1 N–H and O–H groups in total. The van der Waals surface area contributed by atoms with Crippen LogP contribution in [0.15, 0.2) is 54.6 Å². The highest BCUT2D eigenvalue weighted by Crippen LogP contribution is 2.34. The molecule has 3 nitrogen and oxygen atoms in total. The van der Waals surface area contributed by atoms with Gasteiger partial charge in [0.15, 0.2) is 0 Å². The van der Waals surface area contributed by atoms with Gasteiger partial charge in [-0.05, 0) is 18.1 Å². The molecule has 0 aromatic heterocycles. The minimum absolute atomic E-state index is 0.454. The highest BCUT2D eigenvalue weighted by atomic mass is 16.5. The summed E-state index contributed by atoms with van der Waals surface area (Å²) in [5, 5.41) is 3.48. The van der Waals surface area contributed by atoms with E-state index < -0.39 is 0 Å². The monoisotopic (exact) mass is 352 g/mol. The van der Waals surface area contributed by atoms with Gasteiger partial charge in [0, 0.05) is 37.8 Å². The van der Waals surface area contributed by atoms with Crippen molar-refractivity contribution in [3.05, 3.63) is 65.7 Å². The van der Waals surface area contributed by atoms with Gasteiger partial charge in [-0.15, -0.1) is 0 Å². The summed E-state index contributed by atoms with van der Waals surface area (Å²) in [6.45, 7) is 7.29. The molecular weight excluding hydrogens is 320 g/mol. The van der Waals surface area contributed by atoms with Crippen molar-refractivity contribution in [1.29, 1.82) is 0 Å². The third kappa shape index (κ3) is 5.33. The van der Waals surface area contributed by atoms with Gasteiger partial charge in [0.2, 0.25) is 0 Å². The van der Waals surface area contributed by atoms with Gasteiger partial charge in [-0.3, -0.25) is 4.90 Å². The fraction of sp³-hybridized carbons (Fsp3) is 0.478. The molecule has 0 spiro atoms. The van der Waals surface area contributed by atoms with Crippen LogP contribution in [0, 0.1) is 0 Å². The average Bonchev–Trinajstić information content (AvgIpc) is 2.72. The summed E-state index contributed by atoms with van der Waals surface area (Å²) in [6, 6.07) is 19.5. The summed E-state index contributed by atoms with van der Waals surface area (Å²) in [4.78, 5) is 2.64. The summed E-state index contributed by atoms with van der Waals surface area (Å²) >= 11 is 0. The summed E-state index contributed by atoms with van der Waals surface area (Å²) in [5.74, 6) is 1.04. The molecule has 0 unspecified atom stereocenters. The molecule has 1 aliphatic rings. The van der Waals surface area contributed by atoms with Crippen molar-refractivity contribution in [2.75, 3.05) is 26.2 Å². The van der Waals surface area contributed by atoms with Gasteiger partial charge in [-0.2, -0.15) is 0 Å². The molecule has 1 saturated heterocycles. The smallest absolute Gasteiger partial charge is 0.124 e. The van der Waals surface area contributed by atoms with E-state index in [0.29, 0.717) is 12.6 Å². The third-order valence-corrected chi connectivity index (χ3v) is 5.19. The number of para-hydroxylation sites is 1. The van der Waals surface area contributed by atoms with Crippen LogP contribution < -0.4 is 10.1 Å². The number of benzene rings is 2. The van der Waals surface area contributed by atoms with Gasteiger partial charge in [0.25, 0.3) is 0 Å². The maximum atomic E-state index is 6.26. The van der Waals surface area contributed by atoms with E-state index in [9.17, 15) is 0 Å². The van der Waals surface area contributed by atoms with Gasteiger partial charge in [-0.1, -0.05) is 74.7 Å². The topological polar surface area (TPSA) is 24.5 Å². The lowest BCUT2D eigenvalue weighted by molar-refractivity contribution is 0.158. The molecule has 1 atom stereocenters. The van der Waals surface area contributed by atoms with E-state index in [1.807, 2.05) is 6.07 Å². The molecule has 1 aliphatic heterocycles. The number of piperazine rings is 1. The first-order chi connectivity index (χ1) is 12.9. The van der Waals surface area contributed by atoms with E-state index in [2.05, 4.69) is 65.7 Å². The van der Waals surface area contributed by atoms with E-state index in [4.69, 9.17) is 4.74 Å². The molecule has 1 heterocycles. The number of nitrogens with zero attached hydrogens (tertiary/aromatic N) is 1. The van der Waals surface area contributed by atoms with Crippen LogP contribution in [0.25, 0.3) is 0 Å². The Morgan fingerprint density at radius 2 is 1.69 bits per heavy atom. The van der Waals surface area contributed by atoms with Crippen LogP contribution in [0.5, 0.6) is 5.75 Å². The van der Waals surface area contributed by atoms with Gasteiger partial charge in [-0.25, -0.2) is 0 Å². The van der Waals surface area contributed by atoms with Gasteiger partial charge < -0.3 is 10.1 Å². The number of ether oxygens (including phenoxy) is 1. The number of nitrogens with one attached hydrogen (secondary N) is 1. The summed E-state index contributed by atoms with van der Waals surface area (Å²) in [5.41, 5.74) is 2.56. The Morgan fingerprint density at radius 3 is 2.46 bits per heavy atom. The Kier molecular flexibility index (Phi) is 7.53. The van der Waals surface area contributed by atoms with E-state index in [1.165, 1.54) is 36.8 Å². The van der Waals surface area contributed by atoms with Crippen molar-refractivity contribution in [3.8, 4) is 5.75 Å². The maximum absolute atomic E-state index is 6.26. The summed E-state index contributed by atoms with van der Waals surface area (Å²) < 4.78 is 6.26. The number of hydrogen-bond donors (Lipinski definition) is 1. The Labute approximate surface area is 158 Å². The van der Waals surface area contributed by atoms with Gasteiger partial charge in [0.1, 0.15) is 12.4 Å². The molecule has 0 radical (unpaired) electrons. The first kappa shape index (κ1) is 18.9. The zero-order valence-corrected chi connectivity index (χ0v) is 16.0. The standard InChI is InChI=1S/C23H32N2O/c1-2-3-5-13-22(25-17-15-24-16-18-25)21-12-8-9-14-23(21)26-19-20-10-6-4-7-11-20/h4,6-12,14,22,24H,2-3,5,13,15-19H2,1H3/t22-/m1/s1. The Bertz CT molecular complexity index is 638. The normalized spacial score (nSPS) is 16.3. The molecule has 26 heavy (non-hydrogen) atoms. The van der Waals surface area contributed by atoms with Crippen LogP contribution in [0.1, 0.15) is 49.8 Å². The van der Waals surface area contributed by atoms with E-state index >= 15 is 0 Å². The van der Waals surface area contributed by atoms with Crippen LogP contribution in [0.3, 0.4) is 0 Å². The van der Waals surface area contributed by atoms with Crippen molar-refractivity contribution in [3.63, 3.8) is 0 Å². The molecule has 2 aromatic rings. The lowest BCUT2D eigenvalue weighted by atomic mass is 9.97. The van der Waals surface area contributed by atoms with Gasteiger partial charge in [0.05, 0.1) is 0 Å². The molecule has 0 amide bonds. The molecule has 0 aliphatic carbocycles. The van der Waals surface area contributed by atoms with Crippen LogP contribution in [-0.4, -0.2) is 31.1 Å². The van der Waals surface area contributed by atoms with E-state index in [0.717, 1.165) is 31.9 Å².